The van der Waals surface area contributed by atoms with Gasteiger partial charge in [0.05, 0.1) is 5.57 Å². The van der Waals surface area contributed by atoms with Crippen molar-refractivity contribution in [2.45, 2.75) is 65.2 Å². The van der Waals surface area contributed by atoms with Crippen LogP contribution in [0.15, 0.2) is 36.1 Å². The van der Waals surface area contributed by atoms with Crippen LogP contribution in [0.4, 0.5) is 0 Å². The molecular formula is C23H35NO5Si. The Morgan fingerprint density at radius 3 is 2.27 bits per heavy atom. The second-order valence-corrected chi connectivity index (χ2v) is 14.2. The summed E-state index contributed by atoms with van der Waals surface area (Å²) in [6, 6.07) is 9.33. The van der Waals surface area contributed by atoms with Gasteiger partial charge in [0.1, 0.15) is 17.9 Å². The van der Waals surface area contributed by atoms with Gasteiger partial charge in [-0.05, 0) is 44.5 Å². The second kappa shape index (κ2) is 8.94. The summed E-state index contributed by atoms with van der Waals surface area (Å²) in [4.78, 5) is 28.2. The van der Waals surface area contributed by atoms with Crippen molar-refractivity contribution in [2.24, 2.45) is 0 Å². The van der Waals surface area contributed by atoms with E-state index in [2.05, 4.69) is 20.8 Å². The van der Waals surface area contributed by atoms with E-state index >= 15 is 0 Å². The zero-order valence-corrected chi connectivity index (χ0v) is 20.5. The van der Waals surface area contributed by atoms with E-state index in [4.69, 9.17) is 13.9 Å². The third-order valence-electron chi connectivity index (χ3n) is 5.93. The van der Waals surface area contributed by atoms with E-state index < -0.39 is 19.8 Å². The van der Waals surface area contributed by atoms with Crippen LogP contribution in [-0.2, 0) is 23.5 Å². The lowest BCUT2D eigenvalue weighted by atomic mass is 9.97. The van der Waals surface area contributed by atoms with Crippen LogP contribution < -0.4 is 0 Å². The van der Waals surface area contributed by atoms with Gasteiger partial charge in [-0.25, -0.2) is 0 Å². The van der Waals surface area contributed by atoms with Crippen molar-refractivity contribution in [3.05, 3.63) is 41.7 Å². The Bertz CT molecular complexity index is 809. The van der Waals surface area contributed by atoms with Gasteiger partial charge in [0.15, 0.2) is 6.73 Å². The van der Waals surface area contributed by atoms with Crippen LogP contribution in [-0.4, -0.2) is 50.6 Å². The summed E-state index contributed by atoms with van der Waals surface area (Å²) < 4.78 is 17.4. The standard InChI is InChI=1S/C23H35NO5Si/c1-9-27-15-18-19(17-13-11-10-12-14-17)20(25)24(16-28-18)23(5,6)21(26)29-30(7,8)22(2,3)4/h10-14H,9,15-16H2,1-8H3. The van der Waals surface area contributed by atoms with E-state index in [0.717, 1.165) is 5.56 Å². The normalized spacial score (nSPS) is 15.9. The molecule has 0 aliphatic carbocycles. The third kappa shape index (κ3) is 4.95. The maximum Gasteiger partial charge on any atom is 0.318 e. The van der Waals surface area contributed by atoms with Gasteiger partial charge in [-0.15, -0.1) is 0 Å². The zero-order chi connectivity index (χ0) is 22.7. The molecule has 0 bridgehead atoms. The Hall–Kier alpha value is -2.12. The molecule has 0 unspecified atom stereocenters. The maximum absolute atomic E-state index is 13.5. The van der Waals surface area contributed by atoms with Crippen LogP contribution in [0.1, 0.15) is 47.1 Å². The molecule has 2 rings (SSSR count). The van der Waals surface area contributed by atoms with E-state index in [1.165, 1.54) is 4.90 Å². The topological polar surface area (TPSA) is 65.1 Å². The molecule has 0 saturated heterocycles. The van der Waals surface area contributed by atoms with Gasteiger partial charge in [0.25, 0.3) is 14.2 Å². The molecule has 1 aliphatic heterocycles. The molecule has 1 aromatic carbocycles. The van der Waals surface area contributed by atoms with Crippen molar-refractivity contribution in [3.63, 3.8) is 0 Å². The van der Waals surface area contributed by atoms with Crippen LogP contribution in [0, 0.1) is 0 Å². The lowest BCUT2D eigenvalue weighted by Gasteiger charge is -2.43. The quantitative estimate of drug-likeness (QED) is 0.589. The predicted molar refractivity (Wildman–Crippen MR) is 120 cm³/mol. The molecule has 0 atom stereocenters. The van der Waals surface area contributed by atoms with E-state index in [0.29, 0.717) is 17.9 Å². The fraction of sp³-hybridized carbons (Fsp3) is 0.565. The first-order chi connectivity index (χ1) is 13.8. The van der Waals surface area contributed by atoms with Crippen molar-refractivity contribution < 1.29 is 23.5 Å². The van der Waals surface area contributed by atoms with Crippen LogP contribution in [0.5, 0.6) is 0 Å². The lowest BCUT2D eigenvalue weighted by molar-refractivity contribution is -0.159. The molecule has 7 heteroatoms. The smallest absolute Gasteiger partial charge is 0.318 e. The molecule has 0 saturated carbocycles. The number of amides is 1. The van der Waals surface area contributed by atoms with Gasteiger partial charge in [0.2, 0.25) is 0 Å². The highest BCUT2D eigenvalue weighted by Crippen LogP contribution is 2.38. The SMILES string of the molecule is CCOCC1=C(c2ccccc2)C(=O)N(C(C)(C)C(=O)O[Si](C)(C)C(C)(C)C)CO1. The highest BCUT2D eigenvalue weighted by Gasteiger charge is 2.48. The number of carbonyl (C=O) groups excluding carboxylic acids is 2. The summed E-state index contributed by atoms with van der Waals surface area (Å²) in [5.74, 6) is -0.191. The molecule has 1 aliphatic rings. The minimum absolute atomic E-state index is 0.0306. The van der Waals surface area contributed by atoms with E-state index in [1.807, 2.05) is 50.3 Å². The predicted octanol–water partition coefficient (Wildman–Crippen LogP) is 4.58. The van der Waals surface area contributed by atoms with Crippen molar-refractivity contribution in [1.82, 2.24) is 4.90 Å². The first kappa shape index (κ1) is 24.1. The first-order valence-corrected chi connectivity index (χ1v) is 13.3. The van der Waals surface area contributed by atoms with Crippen molar-refractivity contribution >= 4 is 25.8 Å². The molecule has 0 aromatic heterocycles. The Balaban J connectivity index is 2.38. The Labute approximate surface area is 181 Å². The van der Waals surface area contributed by atoms with Crippen molar-refractivity contribution in [1.29, 1.82) is 0 Å². The molecular weight excluding hydrogens is 398 g/mol. The molecule has 166 valence electrons. The van der Waals surface area contributed by atoms with E-state index in [1.54, 1.807) is 13.8 Å². The van der Waals surface area contributed by atoms with Gasteiger partial charge >= 0.3 is 5.97 Å². The number of benzene rings is 1. The second-order valence-electron chi connectivity index (χ2n) is 9.52. The highest BCUT2D eigenvalue weighted by atomic mass is 28.4. The third-order valence-corrected chi connectivity index (χ3v) is 10.2. The average molecular weight is 434 g/mol. The van der Waals surface area contributed by atoms with Gasteiger partial charge < -0.3 is 13.9 Å². The van der Waals surface area contributed by atoms with Crippen molar-refractivity contribution in [3.8, 4) is 0 Å². The van der Waals surface area contributed by atoms with Gasteiger partial charge in [-0.1, -0.05) is 51.1 Å². The van der Waals surface area contributed by atoms with Crippen LogP contribution >= 0.6 is 0 Å². The molecule has 0 N–H and O–H groups in total. The number of carbonyl (C=O) groups is 2. The number of ether oxygens (including phenoxy) is 2. The minimum atomic E-state index is -2.34. The van der Waals surface area contributed by atoms with Gasteiger partial charge in [-0.2, -0.15) is 0 Å². The average Bonchev–Trinajstić information content (AvgIpc) is 2.65. The monoisotopic (exact) mass is 433 g/mol. The summed E-state index contributed by atoms with van der Waals surface area (Å²) >= 11 is 0. The summed E-state index contributed by atoms with van der Waals surface area (Å²) in [7, 11) is -2.34. The van der Waals surface area contributed by atoms with Gasteiger partial charge in [-0.3, -0.25) is 14.5 Å². The Kier molecular flexibility index (Phi) is 7.19. The van der Waals surface area contributed by atoms with Crippen LogP contribution in [0.25, 0.3) is 5.57 Å². The summed E-state index contributed by atoms with van der Waals surface area (Å²) in [5.41, 5.74) is -0.0250. The molecule has 6 nitrogen and oxygen atoms in total. The van der Waals surface area contributed by atoms with Crippen molar-refractivity contribution in [2.75, 3.05) is 19.9 Å². The van der Waals surface area contributed by atoms with Crippen LogP contribution in [0.2, 0.25) is 18.1 Å². The molecule has 0 radical (unpaired) electrons. The molecule has 1 aromatic rings. The summed E-state index contributed by atoms with van der Waals surface area (Å²) in [5, 5.41) is -0.124. The summed E-state index contributed by atoms with van der Waals surface area (Å²) in [6.07, 6.45) is 0. The zero-order valence-electron chi connectivity index (χ0n) is 19.5. The molecule has 0 fully saturated rings. The molecule has 1 amide bonds. The first-order valence-electron chi connectivity index (χ1n) is 10.4. The number of rotatable bonds is 7. The highest BCUT2D eigenvalue weighted by molar-refractivity contribution is 6.75. The van der Waals surface area contributed by atoms with E-state index in [9.17, 15) is 9.59 Å². The number of hydrogen-bond donors (Lipinski definition) is 0. The minimum Gasteiger partial charge on any atom is -0.517 e. The Morgan fingerprint density at radius 2 is 1.73 bits per heavy atom. The van der Waals surface area contributed by atoms with Crippen LogP contribution in [0.3, 0.4) is 0 Å². The van der Waals surface area contributed by atoms with Gasteiger partial charge in [0, 0.05) is 6.61 Å². The summed E-state index contributed by atoms with van der Waals surface area (Å²) in [6.45, 7) is 16.2. The number of hydrogen-bond acceptors (Lipinski definition) is 5. The number of nitrogens with zero attached hydrogens (tertiary/aromatic N) is 1. The molecule has 0 spiro atoms. The maximum atomic E-state index is 13.5. The fourth-order valence-corrected chi connectivity index (χ4v) is 3.78. The Morgan fingerprint density at radius 1 is 1.13 bits per heavy atom. The lowest BCUT2D eigenvalue weighted by Crippen LogP contribution is -2.58. The molecule has 1 heterocycles. The largest absolute Gasteiger partial charge is 0.517 e. The molecule has 30 heavy (non-hydrogen) atoms. The fourth-order valence-electron chi connectivity index (χ4n) is 2.76. The van der Waals surface area contributed by atoms with E-state index in [-0.39, 0.29) is 24.3 Å².